The van der Waals surface area contributed by atoms with E-state index in [-0.39, 0.29) is 0 Å². The second-order valence-corrected chi connectivity index (χ2v) is 6.57. The van der Waals surface area contributed by atoms with Crippen molar-refractivity contribution < 1.29 is 4.79 Å². The van der Waals surface area contributed by atoms with Gasteiger partial charge in [0.25, 0.3) is 0 Å². The third-order valence-corrected chi connectivity index (χ3v) is 4.94. The van der Waals surface area contributed by atoms with E-state index in [0.717, 1.165) is 31.6 Å². The zero-order valence-electron chi connectivity index (χ0n) is 12.3. The van der Waals surface area contributed by atoms with Gasteiger partial charge in [0.15, 0.2) is 0 Å². The van der Waals surface area contributed by atoms with Crippen molar-refractivity contribution in [2.75, 3.05) is 33.2 Å². The summed E-state index contributed by atoms with van der Waals surface area (Å²) in [5.74, 6) is 0.380. The molecule has 0 aromatic carbocycles. The molecule has 3 atom stereocenters. The number of nitrogens with two attached hydrogens (primary N) is 2. The highest BCUT2D eigenvalue weighted by molar-refractivity contribution is 5.83. The van der Waals surface area contributed by atoms with Crippen LogP contribution in [0.1, 0.15) is 32.6 Å². The Bertz CT molecular complexity index is 331. The van der Waals surface area contributed by atoms with Gasteiger partial charge in [-0.25, -0.2) is 0 Å². The maximum atomic E-state index is 11.2. The molecule has 2 rings (SSSR count). The first kappa shape index (κ1) is 14.8. The number of carbonyl (C=O) groups excluding carboxylic acids is 1. The Kier molecular flexibility index (Phi) is 4.48. The topological polar surface area (TPSA) is 75.6 Å². The van der Waals surface area contributed by atoms with Crippen molar-refractivity contribution in [3.63, 3.8) is 0 Å². The van der Waals surface area contributed by atoms with E-state index >= 15 is 0 Å². The number of amides is 1. The average molecular weight is 268 g/mol. The summed E-state index contributed by atoms with van der Waals surface area (Å²) in [6.07, 6.45) is 4.52. The van der Waals surface area contributed by atoms with Gasteiger partial charge >= 0.3 is 0 Å². The maximum Gasteiger partial charge on any atom is 0.237 e. The summed E-state index contributed by atoms with van der Waals surface area (Å²) in [4.78, 5) is 16.2. The van der Waals surface area contributed by atoms with Gasteiger partial charge in [-0.15, -0.1) is 0 Å². The van der Waals surface area contributed by atoms with Crippen molar-refractivity contribution in [3.8, 4) is 0 Å². The zero-order chi connectivity index (χ0) is 14.0. The van der Waals surface area contributed by atoms with Crippen molar-refractivity contribution in [2.24, 2.45) is 17.4 Å². The van der Waals surface area contributed by atoms with Crippen LogP contribution in [0.4, 0.5) is 0 Å². The van der Waals surface area contributed by atoms with Crippen LogP contribution in [0.2, 0.25) is 0 Å². The van der Waals surface area contributed by atoms with Crippen LogP contribution >= 0.6 is 0 Å². The molecule has 0 aliphatic carbocycles. The molecule has 2 heterocycles. The van der Waals surface area contributed by atoms with Gasteiger partial charge < -0.3 is 21.3 Å². The summed E-state index contributed by atoms with van der Waals surface area (Å²) < 4.78 is 0. The van der Waals surface area contributed by atoms with Gasteiger partial charge in [0.05, 0.1) is 5.54 Å². The van der Waals surface area contributed by atoms with Crippen LogP contribution in [0.25, 0.3) is 0 Å². The van der Waals surface area contributed by atoms with Gasteiger partial charge in [-0.2, -0.15) is 0 Å². The monoisotopic (exact) mass is 268 g/mol. The summed E-state index contributed by atoms with van der Waals surface area (Å²) in [6.45, 7) is 6.10. The van der Waals surface area contributed by atoms with Crippen LogP contribution in [0.15, 0.2) is 0 Å². The molecule has 0 radical (unpaired) electrons. The van der Waals surface area contributed by atoms with Crippen LogP contribution in [-0.4, -0.2) is 60.5 Å². The van der Waals surface area contributed by atoms with Crippen molar-refractivity contribution in [1.29, 1.82) is 0 Å². The Balaban J connectivity index is 1.83. The zero-order valence-corrected chi connectivity index (χ0v) is 12.3. The standard InChI is InChI=1S/C14H28N4O/c1-14(16,13(15)19)6-9-18-8-5-12-11(10-18)4-3-7-17(12)2/h11-12H,3-10,16H2,1-2H3,(H2,15,19). The third-order valence-electron chi connectivity index (χ3n) is 4.94. The summed E-state index contributed by atoms with van der Waals surface area (Å²) in [5, 5.41) is 0. The van der Waals surface area contributed by atoms with Crippen LogP contribution in [0.3, 0.4) is 0 Å². The lowest BCUT2D eigenvalue weighted by Crippen LogP contribution is -2.55. The van der Waals surface area contributed by atoms with Crippen molar-refractivity contribution in [3.05, 3.63) is 0 Å². The molecule has 2 fully saturated rings. The first-order valence-electron chi connectivity index (χ1n) is 7.41. The second-order valence-electron chi connectivity index (χ2n) is 6.57. The number of nitrogens with zero attached hydrogens (tertiary/aromatic N) is 2. The van der Waals surface area contributed by atoms with E-state index in [0.29, 0.717) is 6.42 Å². The molecule has 5 heteroatoms. The predicted octanol–water partition coefficient (Wildman–Crippen LogP) is -0.00470. The molecule has 110 valence electrons. The Hall–Kier alpha value is -0.650. The Morgan fingerprint density at radius 1 is 1.37 bits per heavy atom. The molecule has 2 aliphatic heterocycles. The molecule has 3 unspecified atom stereocenters. The number of likely N-dealkylation sites (tertiary alicyclic amines) is 2. The largest absolute Gasteiger partial charge is 0.368 e. The molecule has 2 saturated heterocycles. The molecule has 0 aromatic rings. The van der Waals surface area contributed by atoms with Gasteiger partial charge in [-0.05, 0) is 58.7 Å². The average Bonchev–Trinajstić information content (AvgIpc) is 2.36. The maximum absolute atomic E-state index is 11.2. The van der Waals surface area contributed by atoms with Gasteiger partial charge in [-0.3, -0.25) is 4.79 Å². The molecular formula is C14H28N4O. The number of fused-ring (bicyclic) bond motifs is 1. The molecule has 2 aliphatic rings. The van der Waals surface area contributed by atoms with E-state index < -0.39 is 11.4 Å². The van der Waals surface area contributed by atoms with Crippen LogP contribution in [-0.2, 0) is 4.79 Å². The molecule has 0 aromatic heterocycles. The minimum Gasteiger partial charge on any atom is -0.368 e. The molecule has 1 amide bonds. The number of hydrogen-bond donors (Lipinski definition) is 2. The van der Waals surface area contributed by atoms with E-state index in [1.807, 2.05) is 0 Å². The van der Waals surface area contributed by atoms with Gasteiger partial charge in [0, 0.05) is 19.1 Å². The number of rotatable bonds is 4. The van der Waals surface area contributed by atoms with Crippen LogP contribution in [0.5, 0.6) is 0 Å². The molecule has 5 nitrogen and oxygen atoms in total. The van der Waals surface area contributed by atoms with Gasteiger partial charge in [0.2, 0.25) is 5.91 Å². The van der Waals surface area contributed by atoms with Crippen molar-refractivity contribution in [2.45, 2.75) is 44.2 Å². The summed E-state index contributed by atoms with van der Waals surface area (Å²) in [6, 6.07) is 0.755. The lowest BCUT2D eigenvalue weighted by atomic mass is 9.84. The van der Waals surface area contributed by atoms with Crippen LogP contribution < -0.4 is 11.5 Å². The SMILES string of the molecule is CN1CCCC2CN(CCC(C)(N)C(N)=O)CCC21. The van der Waals surface area contributed by atoms with Crippen LogP contribution in [0, 0.1) is 5.92 Å². The highest BCUT2D eigenvalue weighted by Gasteiger charge is 2.35. The number of primary amides is 1. The quantitative estimate of drug-likeness (QED) is 0.752. The third kappa shape index (κ3) is 3.46. The summed E-state index contributed by atoms with van der Waals surface area (Å²) >= 11 is 0. The Morgan fingerprint density at radius 2 is 2.11 bits per heavy atom. The Labute approximate surface area is 116 Å². The first-order valence-corrected chi connectivity index (χ1v) is 7.41. The fraction of sp³-hybridized carbons (Fsp3) is 0.929. The highest BCUT2D eigenvalue weighted by atomic mass is 16.1. The van der Waals surface area contributed by atoms with E-state index in [1.165, 1.54) is 25.8 Å². The number of piperidine rings is 2. The summed E-state index contributed by atoms with van der Waals surface area (Å²) in [5.41, 5.74) is 10.4. The summed E-state index contributed by atoms with van der Waals surface area (Å²) in [7, 11) is 2.25. The van der Waals surface area contributed by atoms with Crippen molar-refractivity contribution >= 4 is 5.91 Å². The predicted molar refractivity (Wildman–Crippen MR) is 76.6 cm³/mol. The van der Waals surface area contributed by atoms with Gasteiger partial charge in [0.1, 0.15) is 0 Å². The molecule has 0 bridgehead atoms. The molecular weight excluding hydrogens is 240 g/mol. The number of carbonyl (C=O) groups is 1. The van der Waals surface area contributed by atoms with E-state index in [1.54, 1.807) is 6.92 Å². The lowest BCUT2D eigenvalue weighted by Gasteiger charge is -2.46. The van der Waals surface area contributed by atoms with E-state index in [4.69, 9.17) is 11.5 Å². The first-order chi connectivity index (χ1) is 8.90. The second kappa shape index (κ2) is 5.77. The fourth-order valence-electron chi connectivity index (χ4n) is 3.44. The van der Waals surface area contributed by atoms with E-state index in [9.17, 15) is 4.79 Å². The molecule has 0 spiro atoms. The van der Waals surface area contributed by atoms with E-state index in [2.05, 4.69) is 16.8 Å². The number of hydrogen-bond acceptors (Lipinski definition) is 4. The highest BCUT2D eigenvalue weighted by Crippen LogP contribution is 2.29. The normalized spacial score (nSPS) is 32.6. The Morgan fingerprint density at radius 3 is 2.79 bits per heavy atom. The molecule has 19 heavy (non-hydrogen) atoms. The fourth-order valence-corrected chi connectivity index (χ4v) is 3.44. The molecule has 0 saturated carbocycles. The minimum atomic E-state index is -0.875. The lowest BCUT2D eigenvalue weighted by molar-refractivity contribution is -0.123. The molecule has 4 N–H and O–H groups in total. The van der Waals surface area contributed by atoms with Gasteiger partial charge in [-0.1, -0.05) is 0 Å². The minimum absolute atomic E-state index is 0.403. The smallest absolute Gasteiger partial charge is 0.237 e. The van der Waals surface area contributed by atoms with Crippen molar-refractivity contribution in [1.82, 2.24) is 9.80 Å².